The number of rotatable bonds is 11. The van der Waals surface area contributed by atoms with Crippen LogP contribution in [-0.2, 0) is 9.53 Å². The summed E-state index contributed by atoms with van der Waals surface area (Å²) >= 11 is 0. The number of carbonyl (C=O) groups excluding carboxylic acids is 1. The zero-order valence-corrected chi connectivity index (χ0v) is 15.8. The van der Waals surface area contributed by atoms with Gasteiger partial charge < -0.3 is 4.74 Å². The number of carbonyl (C=O) groups is 1. The van der Waals surface area contributed by atoms with Crippen LogP contribution in [0.4, 0.5) is 0 Å². The molecule has 0 saturated carbocycles. The molecule has 0 aromatic rings. The second-order valence-electron chi connectivity index (χ2n) is 5.86. The van der Waals surface area contributed by atoms with Gasteiger partial charge in [-0.2, -0.15) is 0 Å². The molecule has 3 heteroatoms. The van der Waals surface area contributed by atoms with E-state index in [4.69, 9.17) is 4.74 Å². The van der Waals surface area contributed by atoms with Gasteiger partial charge in [-0.3, -0.25) is 4.79 Å². The van der Waals surface area contributed by atoms with Gasteiger partial charge in [0.25, 0.3) is 0 Å². The highest BCUT2D eigenvalue weighted by molar-refractivity contribution is 6.27. The normalized spacial score (nSPS) is 16.0. The van der Waals surface area contributed by atoms with E-state index in [-0.39, 0.29) is 11.0 Å². The van der Waals surface area contributed by atoms with Gasteiger partial charge in [-0.15, -0.1) is 0 Å². The molecule has 2 atom stereocenters. The van der Waals surface area contributed by atoms with Crippen LogP contribution < -0.4 is 0 Å². The number of hydrogen-bond acceptors (Lipinski definition) is 2. The first-order valence-corrected chi connectivity index (χ1v) is 9.23. The average molecular weight is 287 g/mol. The number of ether oxygens (including phenoxy) is 1. The summed E-state index contributed by atoms with van der Waals surface area (Å²) in [6, 6.07) is 0. The van der Waals surface area contributed by atoms with Gasteiger partial charge in [0, 0.05) is 10.2 Å². The van der Waals surface area contributed by atoms with Crippen molar-refractivity contribution in [3.05, 3.63) is 0 Å². The highest BCUT2D eigenvalue weighted by Crippen LogP contribution is 2.42. The Balaban J connectivity index is 4.34. The van der Waals surface area contributed by atoms with E-state index in [0.717, 1.165) is 42.3 Å². The van der Waals surface area contributed by atoms with E-state index < -0.39 is 0 Å². The van der Waals surface area contributed by atoms with E-state index in [2.05, 4.69) is 27.7 Å². The van der Waals surface area contributed by atoms with Crippen LogP contribution in [0.5, 0.6) is 0 Å². The number of hydrogen-bond donors (Lipinski definition) is 0. The number of esters is 1. The topological polar surface area (TPSA) is 26.3 Å². The zero-order chi connectivity index (χ0) is 14.7. The van der Waals surface area contributed by atoms with Crippen LogP contribution in [0.2, 0.25) is 5.04 Å². The maximum Gasteiger partial charge on any atom is 0.308 e. The predicted octanol–water partition coefficient (Wildman–Crippen LogP) is 3.87. The first-order chi connectivity index (χ1) is 9.06. The third kappa shape index (κ3) is 6.11. The molecule has 0 aromatic heterocycles. The monoisotopic (exact) mass is 286 g/mol. The van der Waals surface area contributed by atoms with Crippen molar-refractivity contribution in [1.82, 2.24) is 0 Å². The Morgan fingerprint density at radius 1 is 1.11 bits per heavy atom. The van der Waals surface area contributed by atoms with E-state index in [1.54, 1.807) is 0 Å². The maximum atomic E-state index is 12.4. The Kier molecular flexibility index (Phi) is 10.3. The maximum absolute atomic E-state index is 12.4. The molecule has 0 radical (unpaired) electrons. The van der Waals surface area contributed by atoms with E-state index in [1.165, 1.54) is 19.3 Å². The van der Waals surface area contributed by atoms with Crippen LogP contribution in [0.3, 0.4) is 0 Å². The SMILES string of the molecule is CCCCCCOC(=O)C([SiH3])(CC)C(CC)CCC. The number of unbranched alkanes of at least 4 members (excludes halogenated alkanes) is 3. The Labute approximate surface area is 123 Å². The highest BCUT2D eigenvalue weighted by Gasteiger charge is 2.39. The molecule has 0 N–H and O–H groups in total. The molecule has 0 fully saturated rings. The zero-order valence-electron chi connectivity index (χ0n) is 13.8. The summed E-state index contributed by atoms with van der Waals surface area (Å²) in [5.41, 5.74) is 0. The molecule has 0 spiro atoms. The summed E-state index contributed by atoms with van der Waals surface area (Å²) in [6.07, 6.45) is 9.00. The molecule has 0 rings (SSSR count). The van der Waals surface area contributed by atoms with E-state index >= 15 is 0 Å². The molecule has 0 saturated heterocycles. The fraction of sp³-hybridized carbons (Fsp3) is 0.938. The molecular formula is C16H34O2Si. The van der Waals surface area contributed by atoms with Crippen LogP contribution in [-0.4, -0.2) is 22.8 Å². The van der Waals surface area contributed by atoms with Crippen molar-refractivity contribution >= 4 is 16.2 Å². The third-order valence-corrected chi connectivity index (χ3v) is 6.39. The third-order valence-electron chi connectivity index (χ3n) is 4.46. The van der Waals surface area contributed by atoms with E-state index in [0.29, 0.717) is 12.5 Å². The molecule has 0 bridgehead atoms. The molecule has 2 unspecified atom stereocenters. The van der Waals surface area contributed by atoms with E-state index in [9.17, 15) is 4.79 Å². The van der Waals surface area contributed by atoms with Crippen molar-refractivity contribution in [3.63, 3.8) is 0 Å². The Morgan fingerprint density at radius 2 is 1.79 bits per heavy atom. The first-order valence-electron chi connectivity index (χ1n) is 8.23. The Hall–Kier alpha value is -0.313. The molecule has 0 aliphatic heterocycles. The summed E-state index contributed by atoms with van der Waals surface area (Å²) in [5, 5.41) is -0.157. The lowest BCUT2D eigenvalue weighted by Gasteiger charge is -2.34. The van der Waals surface area contributed by atoms with Gasteiger partial charge in [0.2, 0.25) is 0 Å². The molecular weight excluding hydrogens is 252 g/mol. The molecule has 19 heavy (non-hydrogen) atoms. The first kappa shape index (κ1) is 18.7. The average Bonchev–Trinajstić information content (AvgIpc) is 2.43. The van der Waals surface area contributed by atoms with Crippen LogP contribution in [0, 0.1) is 5.92 Å². The van der Waals surface area contributed by atoms with Crippen LogP contribution in [0.15, 0.2) is 0 Å². The quantitative estimate of drug-likeness (QED) is 0.327. The standard InChI is InChI=1S/C16H34O2Si/c1-5-9-10-11-13-18-15(17)16(19,8-4)14(7-3)12-6-2/h14H,5-13H2,1-4,19H3. The van der Waals surface area contributed by atoms with Crippen molar-refractivity contribution in [2.45, 2.75) is 84.1 Å². The van der Waals surface area contributed by atoms with Crippen molar-refractivity contribution in [1.29, 1.82) is 0 Å². The fourth-order valence-corrected chi connectivity index (χ4v) is 3.62. The fourth-order valence-electron chi connectivity index (χ4n) is 2.78. The summed E-state index contributed by atoms with van der Waals surface area (Å²) in [4.78, 5) is 12.4. The van der Waals surface area contributed by atoms with Crippen molar-refractivity contribution in [2.75, 3.05) is 6.61 Å². The molecule has 0 amide bonds. The highest BCUT2D eigenvalue weighted by atomic mass is 28.1. The Bertz CT molecular complexity index is 243. The second kappa shape index (κ2) is 10.5. The summed E-state index contributed by atoms with van der Waals surface area (Å²) in [7, 11) is 0.905. The molecule has 114 valence electrons. The van der Waals surface area contributed by atoms with Gasteiger partial charge in [-0.05, 0) is 25.2 Å². The van der Waals surface area contributed by atoms with Gasteiger partial charge in [0.1, 0.15) is 0 Å². The summed E-state index contributed by atoms with van der Waals surface area (Å²) in [5.74, 6) is 0.593. The van der Waals surface area contributed by atoms with Gasteiger partial charge >= 0.3 is 5.97 Å². The largest absolute Gasteiger partial charge is 0.466 e. The lowest BCUT2D eigenvalue weighted by molar-refractivity contribution is -0.149. The van der Waals surface area contributed by atoms with Crippen LogP contribution in [0.25, 0.3) is 0 Å². The molecule has 2 nitrogen and oxygen atoms in total. The minimum absolute atomic E-state index is 0.0819. The van der Waals surface area contributed by atoms with E-state index in [1.807, 2.05) is 0 Å². The minimum Gasteiger partial charge on any atom is -0.466 e. The van der Waals surface area contributed by atoms with Gasteiger partial charge in [0.05, 0.1) is 11.6 Å². The summed E-state index contributed by atoms with van der Waals surface area (Å²) in [6.45, 7) is 9.37. The van der Waals surface area contributed by atoms with Crippen LogP contribution in [0.1, 0.15) is 79.1 Å². The van der Waals surface area contributed by atoms with Crippen molar-refractivity contribution < 1.29 is 9.53 Å². The molecule has 0 heterocycles. The lowest BCUT2D eigenvalue weighted by atomic mass is 9.83. The Morgan fingerprint density at radius 3 is 2.26 bits per heavy atom. The molecule has 0 aromatic carbocycles. The molecule has 0 aliphatic rings. The second-order valence-corrected chi connectivity index (χ2v) is 7.65. The van der Waals surface area contributed by atoms with Gasteiger partial charge in [-0.1, -0.05) is 59.8 Å². The predicted molar refractivity (Wildman–Crippen MR) is 86.7 cm³/mol. The van der Waals surface area contributed by atoms with Gasteiger partial charge in [0.15, 0.2) is 0 Å². The minimum atomic E-state index is -0.157. The van der Waals surface area contributed by atoms with Gasteiger partial charge in [-0.25, -0.2) is 0 Å². The van der Waals surface area contributed by atoms with Crippen molar-refractivity contribution in [3.8, 4) is 0 Å². The molecule has 0 aliphatic carbocycles. The smallest absolute Gasteiger partial charge is 0.308 e. The lowest BCUT2D eigenvalue weighted by Crippen LogP contribution is -2.33. The van der Waals surface area contributed by atoms with Crippen molar-refractivity contribution in [2.24, 2.45) is 5.92 Å². The van der Waals surface area contributed by atoms with Crippen LogP contribution >= 0.6 is 0 Å². The summed E-state index contributed by atoms with van der Waals surface area (Å²) < 4.78 is 5.57.